The van der Waals surface area contributed by atoms with E-state index < -0.39 is 12.1 Å². The Kier molecular flexibility index (Phi) is 7.41. The number of hydrogen-bond donors (Lipinski definition) is 0. The summed E-state index contributed by atoms with van der Waals surface area (Å²) in [6.45, 7) is 8.24. The van der Waals surface area contributed by atoms with Gasteiger partial charge in [-0.2, -0.15) is 0 Å². The molecule has 0 aromatic heterocycles. The number of carbonyl (C=O) groups excluding carboxylic acids is 2. The van der Waals surface area contributed by atoms with Crippen LogP contribution in [-0.4, -0.2) is 25.2 Å². The highest BCUT2D eigenvalue weighted by Crippen LogP contribution is 2.33. The molecule has 0 spiro atoms. The van der Waals surface area contributed by atoms with E-state index in [0.717, 1.165) is 18.4 Å². The molecular formula is C22H27NO4. The molecule has 2 aromatic rings. The first kappa shape index (κ1) is 20.5. The van der Waals surface area contributed by atoms with Gasteiger partial charge in [-0.15, -0.1) is 0 Å². The number of esters is 1. The first-order chi connectivity index (χ1) is 13.0. The SMILES string of the molecule is CCCc1ccc(C(=O)Oc2c(C)cccc2N(CC)C(=O)OCC)cc1. The van der Waals surface area contributed by atoms with Crippen LogP contribution in [0.15, 0.2) is 42.5 Å². The standard InChI is InChI=1S/C22H27NO4/c1-5-9-17-12-14-18(15-13-17)21(24)27-20-16(4)10-8-11-19(20)23(6-2)22(25)26-7-3/h8,10-15H,5-7,9H2,1-4H3. The maximum Gasteiger partial charge on any atom is 0.414 e. The molecular weight excluding hydrogens is 342 g/mol. The first-order valence-electron chi connectivity index (χ1n) is 9.36. The van der Waals surface area contributed by atoms with E-state index in [-0.39, 0.29) is 6.61 Å². The van der Waals surface area contributed by atoms with E-state index in [1.807, 2.05) is 38.1 Å². The number of benzene rings is 2. The molecule has 0 aliphatic carbocycles. The molecule has 27 heavy (non-hydrogen) atoms. The van der Waals surface area contributed by atoms with Gasteiger partial charge in [0.25, 0.3) is 0 Å². The van der Waals surface area contributed by atoms with Gasteiger partial charge in [-0.25, -0.2) is 9.59 Å². The molecule has 0 saturated carbocycles. The summed E-state index contributed by atoms with van der Waals surface area (Å²) in [5, 5.41) is 0. The van der Waals surface area contributed by atoms with Crippen LogP contribution in [0, 0.1) is 6.92 Å². The van der Waals surface area contributed by atoms with E-state index in [1.165, 1.54) is 10.5 Å². The minimum absolute atomic E-state index is 0.278. The van der Waals surface area contributed by atoms with Gasteiger partial charge in [-0.3, -0.25) is 4.90 Å². The summed E-state index contributed by atoms with van der Waals surface area (Å²) in [6, 6.07) is 12.8. The van der Waals surface area contributed by atoms with Gasteiger partial charge in [0.15, 0.2) is 5.75 Å². The molecule has 0 N–H and O–H groups in total. The highest BCUT2D eigenvalue weighted by molar-refractivity contribution is 5.94. The Hall–Kier alpha value is -2.82. The van der Waals surface area contributed by atoms with Gasteiger partial charge in [0.1, 0.15) is 0 Å². The third-order valence-corrected chi connectivity index (χ3v) is 4.21. The number of amides is 1. The molecule has 5 heteroatoms. The van der Waals surface area contributed by atoms with Crippen molar-refractivity contribution < 1.29 is 19.1 Å². The van der Waals surface area contributed by atoms with E-state index >= 15 is 0 Å². The molecule has 0 unspecified atom stereocenters. The number of rotatable bonds is 7. The highest BCUT2D eigenvalue weighted by atomic mass is 16.6. The van der Waals surface area contributed by atoms with E-state index in [9.17, 15) is 9.59 Å². The molecule has 0 aliphatic heterocycles. The lowest BCUT2D eigenvalue weighted by molar-refractivity contribution is 0.0733. The van der Waals surface area contributed by atoms with Crippen molar-refractivity contribution in [2.24, 2.45) is 0 Å². The number of ether oxygens (including phenoxy) is 2. The van der Waals surface area contributed by atoms with Gasteiger partial charge < -0.3 is 9.47 Å². The van der Waals surface area contributed by atoms with Gasteiger partial charge in [0, 0.05) is 6.54 Å². The van der Waals surface area contributed by atoms with Crippen LogP contribution in [0.1, 0.15) is 48.7 Å². The van der Waals surface area contributed by atoms with Crippen LogP contribution in [0.25, 0.3) is 0 Å². The molecule has 2 aromatic carbocycles. The minimum Gasteiger partial charge on any atom is -0.449 e. The second kappa shape index (κ2) is 9.76. The Bertz CT molecular complexity index is 783. The molecule has 0 radical (unpaired) electrons. The zero-order valence-electron chi connectivity index (χ0n) is 16.5. The van der Waals surface area contributed by atoms with Crippen molar-refractivity contribution in [1.29, 1.82) is 0 Å². The fraction of sp³-hybridized carbons (Fsp3) is 0.364. The van der Waals surface area contributed by atoms with Crippen molar-refractivity contribution in [3.8, 4) is 5.75 Å². The summed E-state index contributed by atoms with van der Waals surface area (Å²) in [5.41, 5.74) is 2.95. The van der Waals surface area contributed by atoms with Crippen molar-refractivity contribution in [3.05, 3.63) is 59.2 Å². The topological polar surface area (TPSA) is 55.8 Å². The number of nitrogens with zero attached hydrogens (tertiary/aromatic N) is 1. The smallest absolute Gasteiger partial charge is 0.414 e. The van der Waals surface area contributed by atoms with Crippen LogP contribution >= 0.6 is 0 Å². The van der Waals surface area contributed by atoms with E-state index in [1.54, 1.807) is 25.1 Å². The molecule has 5 nitrogen and oxygen atoms in total. The maximum atomic E-state index is 12.6. The average molecular weight is 369 g/mol. The summed E-state index contributed by atoms with van der Waals surface area (Å²) < 4.78 is 10.8. The van der Waals surface area contributed by atoms with Crippen molar-refractivity contribution in [2.45, 2.75) is 40.5 Å². The van der Waals surface area contributed by atoms with Crippen LogP contribution in [0.2, 0.25) is 0 Å². The van der Waals surface area contributed by atoms with Crippen LogP contribution < -0.4 is 9.64 Å². The maximum absolute atomic E-state index is 12.6. The second-order valence-electron chi connectivity index (χ2n) is 6.20. The third kappa shape index (κ3) is 5.09. The molecule has 0 atom stereocenters. The summed E-state index contributed by atoms with van der Waals surface area (Å²) in [7, 11) is 0. The second-order valence-corrected chi connectivity index (χ2v) is 6.20. The Morgan fingerprint density at radius 2 is 1.70 bits per heavy atom. The zero-order valence-corrected chi connectivity index (χ0v) is 16.5. The van der Waals surface area contributed by atoms with Crippen molar-refractivity contribution in [1.82, 2.24) is 0 Å². The Balaban J connectivity index is 2.29. The molecule has 1 amide bonds. The fourth-order valence-corrected chi connectivity index (χ4v) is 2.83. The van der Waals surface area contributed by atoms with Crippen LogP contribution in [0.3, 0.4) is 0 Å². The number of aryl methyl sites for hydroxylation is 2. The molecule has 0 aliphatic rings. The molecule has 0 saturated heterocycles. The van der Waals surface area contributed by atoms with E-state index in [4.69, 9.17) is 9.47 Å². The van der Waals surface area contributed by atoms with Crippen molar-refractivity contribution in [2.75, 3.05) is 18.1 Å². The van der Waals surface area contributed by atoms with Gasteiger partial charge in [0.2, 0.25) is 0 Å². The van der Waals surface area contributed by atoms with Gasteiger partial charge >= 0.3 is 12.1 Å². The largest absolute Gasteiger partial charge is 0.449 e. The summed E-state index contributed by atoms with van der Waals surface area (Å²) >= 11 is 0. The minimum atomic E-state index is -0.466. The van der Waals surface area contributed by atoms with Crippen LogP contribution in [0.4, 0.5) is 10.5 Å². The van der Waals surface area contributed by atoms with Crippen LogP contribution in [-0.2, 0) is 11.2 Å². The van der Waals surface area contributed by atoms with E-state index in [2.05, 4.69) is 6.92 Å². The van der Waals surface area contributed by atoms with Crippen LogP contribution in [0.5, 0.6) is 5.75 Å². The summed E-state index contributed by atoms with van der Waals surface area (Å²) in [6.07, 6.45) is 1.56. The molecule has 0 fully saturated rings. The average Bonchev–Trinajstić information content (AvgIpc) is 2.66. The first-order valence-corrected chi connectivity index (χ1v) is 9.36. The molecule has 0 heterocycles. The molecule has 2 rings (SSSR count). The number of para-hydroxylation sites is 1. The van der Waals surface area contributed by atoms with Gasteiger partial charge in [-0.05, 0) is 56.5 Å². The number of hydrogen-bond acceptors (Lipinski definition) is 4. The quantitative estimate of drug-likeness (QED) is 0.500. The summed E-state index contributed by atoms with van der Waals surface area (Å²) in [4.78, 5) is 26.4. The lowest BCUT2D eigenvalue weighted by atomic mass is 10.1. The van der Waals surface area contributed by atoms with Crippen molar-refractivity contribution in [3.63, 3.8) is 0 Å². The lowest BCUT2D eigenvalue weighted by Gasteiger charge is -2.23. The number of anilines is 1. The highest BCUT2D eigenvalue weighted by Gasteiger charge is 2.22. The monoisotopic (exact) mass is 369 g/mol. The Morgan fingerprint density at radius 1 is 1.00 bits per heavy atom. The van der Waals surface area contributed by atoms with E-state index in [0.29, 0.717) is 23.5 Å². The van der Waals surface area contributed by atoms with Gasteiger partial charge in [0.05, 0.1) is 17.9 Å². The predicted octanol–water partition coefficient (Wildman–Crippen LogP) is 5.15. The molecule has 144 valence electrons. The Morgan fingerprint density at radius 3 is 2.30 bits per heavy atom. The molecule has 0 bridgehead atoms. The predicted molar refractivity (Wildman–Crippen MR) is 107 cm³/mol. The van der Waals surface area contributed by atoms with Crippen molar-refractivity contribution >= 4 is 17.7 Å². The van der Waals surface area contributed by atoms with Gasteiger partial charge in [-0.1, -0.05) is 37.6 Å². The normalized spacial score (nSPS) is 10.4. The zero-order chi connectivity index (χ0) is 19.8. The lowest BCUT2D eigenvalue weighted by Crippen LogP contribution is -2.32. The Labute approximate surface area is 160 Å². The summed E-state index contributed by atoms with van der Waals surface area (Å²) in [5.74, 6) is -0.0800. The number of carbonyl (C=O) groups is 2. The fourth-order valence-electron chi connectivity index (χ4n) is 2.83. The third-order valence-electron chi connectivity index (χ3n) is 4.21.